The first kappa shape index (κ1) is 18.2. The lowest BCUT2D eigenvalue weighted by Crippen LogP contribution is -2.44. The van der Waals surface area contributed by atoms with Crippen LogP contribution in [0, 0.1) is 5.92 Å². The van der Waals surface area contributed by atoms with Crippen LogP contribution in [0.1, 0.15) is 54.4 Å². The molecule has 2 bridgehead atoms. The molecular formula is C22H30N4O. The third kappa shape index (κ3) is 3.79. The topological polar surface area (TPSA) is 41.4 Å². The summed E-state index contributed by atoms with van der Waals surface area (Å²) in [5.74, 6) is 1.03. The van der Waals surface area contributed by atoms with E-state index in [0.717, 1.165) is 37.6 Å². The van der Waals surface area contributed by atoms with Gasteiger partial charge >= 0.3 is 0 Å². The zero-order valence-corrected chi connectivity index (χ0v) is 16.6. The van der Waals surface area contributed by atoms with Gasteiger partial charge in [0.2, 0.25) is 0 Å². The van der Waals surface area contributed by atoms with Crippen LogP contribution >= 0.6 is 0 Å². The number of benzene rings is 1. The first-order chi connectivity index (χ1) is 13.0. The maximum Gasteiger partial charge on any atom is 0.272 e. The number of piperidine rings is 1. The molecule has 0 saturated carbocycles. The van der Waals surface area contributed by atoms with E-state index in [1.165, 1.54) is 18.4 Å². The molecule has 0 N–H and O–H groups in total. The van der Waals surface area contributed by atoms with Gasteiger partial charge in [0.05, 0.1) is 5.69 Å². The molecule has 27 heavy (non-hydrogen) atoms. The normalized spacial score (nSPS) is 23.0. The van der Waals surface area contributed by atoms with Crippen molar-refractivity contribution in [3.63, 3.8) is 0 Å². The van der Waals surface area contributed by atoms with E-state index < -0.39 is 0 Å². The zero-order valence-electron chi connectivity index (χ0n) is 16.6. The number of hydrogen-bond donors (Lipinski definition) is 0. The van der Waals surface area contributed by atoms with E-state index in [-0.39, 0.29) is 5.91 Å². The zero-order chi connectivity index (χ0) is 19.0. The molecule has 3 aliphatic heterocycles. The molecule has 1 amide bonds. The Hall–Kier alpha value is -2.14. The molecule has 4 heterocycles. The Balaban J connectivity index is 1.50. The van der Waals surface area contributed by atoms with Gasteiger partial charge < -0.3 is 4.90 Å². The molecule has 5 nitrogen and oxygen atoms in total. The number of aryl methyl sites for hydroxylation is 1. The number of fused-ring (bicyclic) bond motifs is 4. The lowest BCUT2D eigenvalue weighted by Gasteiger charge is -2.36. The van der Waals surface area contributed by atoms with Crippen molar-refractivity contribution in [1.29, 1.82) is 0 Å². The molecule has 1 aromatic heterocycles. The lowest BCUT2D eigenvalue weighted by atomic mass is 9.94. The molecule has 0 aliphatic carbocycles. The number of rotatable bonds is 4. The van der Waals surface area contributed by atoms with Crippen LogP contribution < -0.4 is 0 Å². The van der Waals surface area contributed by atoms with Crippen LogP contribution in [-0.2, 0) is 13.6 Å². The molecule has 3 aliphatic rings. The molecule has 5 rings (SSSR count). The molecule has 1 aromatic carbocycles. The van der Waals surface area contributed by atoms with Gasteiger partial charge in [-0.3, -0.25) is 14.4 Å². The highest BCUT2D eigenvalue weighted by molar-refractivity contribution is 5.92. The molecular weight excluding hydrogens is 336 g/mol. The van der Waals surface area contributed by atoms with Crippen molar-refractivity contribution in [2.45, 2.75) is 45.2 Å². The summed E-state index contributed by atoms with van der Waals surface area (Å²) < 4.78 is 1.76. The average Bonchev–Trinajstić information content (AvgIpc) is 2.84. The van der Waals surface area contributed by atoms with E-state index in [1.54, 1.807) is 4.68 Å². The molecule has 144 valence electrons. The predicted molar refractivity (Wildman–Crippen MR) is 107 cm³/mol. The van der Waals surface area contributed by atoms with Gasteiger partial charge in [0.25, 0.3) is 5.91 Å². The molecule has 5 heteroatoms. The summed E-state index contributed by atoms with van der Waals surface area (Å²) in [5, 5.41) is 4.53. The van der Waals surface area contributed by atoms with E-state index in [2.05, 4.69) is 59.1 Å². The second-order valence-electron chi connectivity index (χ2n) is 8.46. The minimum absolute atomic E-state index is 0.135. The van der Waals surface area contributed by atoms with E-state index in [0.29, 0.717) is 17.9 Å². The van der Waals surface area contributed by atoms with Crippen molar-refractivity contribution < 1.29 is 4.79 Å². The summed E-state index contributed by atoms with van der Waals surface area (Å²) in [5.41, 5.74) is 3.06. The maximum absolute atomic E-state index is 13.2. The van der Waals surface area contributed by atoms with Crippen molar-refractivity contribution >= 4 is 5.91 Å². The Morgan fingerprint density at radius 3 is 2.63 bits per heavy atom. The van der Waals surface area contributed by atoms with Gasteiger partial charge in [0.15, 0.2) is 0 Å². The smallest absolute Gasteiger partial charge is 0.272 e. The van der Waals surface area contributed by atoms with E-state index in [4.69, 9.17) is 0 Å². The summed E-state index contributed by atoms with van der Waals surface area (Å²) in [6.45, 7) is 7.99. The number of amides is 1. The summed E-state index contributed by atoms with van der Waals surface area (Å²) in [6.07, 6.45) is 2.41. The van der Waals surface area contributed by atoms with Crippen LogP contribution in [0.5, 0.6) is 0 Å². The van der Waals surface area contributed by atoms with Crippen LogP contribution in [0.4, 0.5) is 0 Å². The first-order valence-electron chi connectivity index (χ1n) is 10.1. The third-order valence-corrected chi connectivity index (χ3v) is 6.05. The number of nitrogens with zero attached hydrogens (tertiary/aromatic N) is 4. The number of aromatic nitrogens is 2. The maximum atomic E-state index is 13.2. The van der Waals surface area contributed by atoms with Crippen LogP contribution in [0.15, 0.2) is 36.4 Å². The standard InChI is InChI=1S/C22H30N4O/c1-16(2)20-11-21(24(3)23-20)22(27)26-14-18-9-10-19(15-26)25(13-18)12-17-7-5-4-6-8-17/h4-8,11,16,18-19H,9-10,12-15H2,1-3H3/t18-,19-/m1/s1. The Bertz CT molecular complexity index is 798. The summed E-state index contributed by atoms with van der Waals surface area (Å²) >= 11 is 0. The van der Waals surface area contributed by atoms with Gasteiger partial charge in [-0.25, -0.2) is 0 Å². The van der Waals surface area contributed by atoms with Gasteiger partial charge in [-0.1, -0.05) is 44.2 Å². The second-order valence-corrected chi connectivity index (χ2v) is 8.46. The van der Waals surface area contributed by atoms with Crippen molar-refractivity contribution in [3.05, 3.63) is 53.3 Å². The third-order valence-electron chi connectivity index (χ3n) is 6.05. The summed E-state index contributed by atoms with van der Waals surface area (Å²) in [7, 11) is 1.88. The van der Waals surface area contributed by atoms with Crippen LogP contribution in [0.25, 0.3) is 0 Å². The predicted octanol–water partition coefficient (Wildman–Crippen LogP) is 3.28. The van der Waals surface area contributed by atoms with Gasteiger partial charge in [-0.2, -0.15) is 5.10 Å². The Morgan fingerprint density at radius 1 is 1.15 bits per heavy atom. The Kier molecular flexibility index (Phi) is 5.04. The molecule has 0 unspecified atom stereocenters. The minimum Gasteiger partial charge on any atom is -0.335 e. The Morgan fingerprint density at radius 2 is 1.93 bits per heavy atom. The number of carbonyl (C=O) groups excluding carboxylic acids is 1. The Labute approximate surface area is 162 Å². The highest BCUT2D eigenvalue weighted by atomic mass is 16.2. The molecule has 0 radical (unpaired) electrons. The fourth-order valence-corrected chi connectivity index (χ4v) is 4.49. The highest BCUT2D eigenvalue weighted by Crippen LogP contribution is 2.30. The average molecular weight is 367 g/mol. The van der Waals surface area contributed by atoms with Crippen molar-refractivity contribution in [2.24, 2.45) is 13.0 Å². The van der Waals surface area contributed by atoms with Gasteiger partial charge in [-0.05, 0) is 36.3 Å². The molecule has 3 fully saturated rings. The lowest BCUT2D eigenvalue weighted by molar-refractivity contribution is 0.0725. The number of hydrogen-bond acceptors (Lipinski definition) is 3. The molecule has 0 spiro atoms. The molecule has 2 aromatic rings. The fourth-order valence-electron chi connectivity index (χ4n) is 4.49. The largest absolute Gasteiger partial charge is 0.335 e. The summed E-state index contributed by atoms with van der Waals surface area (Å²) in [6, 6.07) is 13.1. The monoisotopic (exact) mass is 366 g/mol. The van der Waals surface area contributed by atoms with Crippen molar-refractivity contribution in [1.82, 2.24) is 19.6 Å². The SMILES string of the molecule is CC(C)c1cc(C(=O)N2C[C@@H]3CC[C@H](C2)N(Cc2ccccc2)C3)n(C)n1. The van der Waals surface area contributed by atoms with Crippen molar-refractivity contribution in [3.8, 4) is 0 Å². The first-order valence-corrected chi connectivity index (χ1v) is 10.1. The highest BCUT2D eigenvalue weighted by Gasteiger charge is 2.37. The van der Waals surface area contributed by atoms with Gasteiger partial charge in [-0.15, -0.1) is 0 Å². The van der Waals surface area contributed by atoms with Crippen LogP contribution in [-0.4, -0.2) is 51.2 Å². The molecule has 3 saturated heterocycles. The van der Waals surface area contributed by atoms with Crippen molar-refractivity contribution in [2.75, 3.05) is 19.6 Å². The van der Waals surface area contributed by atoms with E-state index in [1.807, 2.05) is 13.1 Å². The molecule has 2 atom stereocenters. The van der Waals surface area contributed by atoms with Gasteiger partial charge in [0, 0.05) is 39.3 Å². The quantitative estimate of drug-likeness (QED) is 0.834. The van der Waals surface area contributed by atoms with Gasteiger partial charge in [0.1, 0.15) is 5.69 Å². The van der Waals surface area contributed by atoms with Crippen LogP contribution in [0.2, 0.25) is 0 Å². The van der Waals surface area contributed by atoms with Crippen LogP contribution in [0.3, 0.4) is 0 Å². The second kappa shape index (κ2) is 7.47. The minimum atomic E-state index is 0.135. The fraction of sp³-hybridized carbons (Fsp3) is 0.545. The number of carbonyl (C=O) groups is 1. The van der Waals surface area contributed by atoms with E-state index >= 15 is 0 Å². The summed E-state index contributed by atoms with van der Waals surface area (Å²) in [4.78, 5) is 17.9. The van der Waals surface area contributed by atoms with E-state index in [9.17, 15) is 4.79 Å².